The molecule has 0 radical (unpaired) electrons. The van der Waals surface area contributed by atoms with Gasteiger partial charge in [-0.1, -0.05) is 6.07 Å². The topological polar surface area (TPSA) is 104 Å². The van der Waals surface area contributed by atoms with E-state index in [1.807, 2.05) is 13.0 Å². The van der Waals surface area contributed by atoms with Gasteiger partial charge in [-0.25, -0.2) is 4.79 Å². The smallest absolute Gasteiger partial charge is 0.339 e. The summed E-state index contributed by atoms with van der Waals surface area (Å²) in [5.74, 6) is 0.525. The van der Waals surface area contributed by atoms with Gasteiger partial charge in [0.2, 0.25) is 0 Å². The highest BCUT2D eigenvalue weighted by Crippen LogP contribution is 2.38. The van der Waals surface area contributed by atoms with E-state index < -0.39 is 5.63 Å². The molecule has 29 heavy (non-hydrogen) atoms. The molecule has 0 amide bonds. The molecule has 0 saturated heterocycles. The Balaban J connectivity index is 1.74. The molecule has 1 aliphatic rings. The van der Waals surface area contributed by atoms with Crippen LogP contribution in [0.3, 0.4) is 0 Å². The highest BCUT2D eigenvalue weighted by Gasteiger charge is 2.27. The van der Waals surface area contributed by atoms with Crippen molar-refractivity contribution in [3.05, 3.63) is 62.5 Å². The molecule has 1 aliphatic heterocycles. The summed E-state index contributed by atoms with van der Waals surface area (Å²) in [7, 11) is 1.50. The van der Waals surface area contributed by atoms with E-state index in [-0.39, 0.29) is 17.5 Å². The van der Waals surface area contributed by atoms with Gasteiger partial charge < -0.3 is 24.8 Å². The maximum absolute atomic E-state index is 12.0. The quantitative estimate of drug-likeness (QED) is 0.587. The molecule has 1 unspecified atom stereocenters. The zero-order valence-corrected chi connectivity index (χ0v) is 16.7. The highest BCUT2D eigenvalue weighted by atomic mass is 16.5. The number of benzene rings is 2. The summed E-state index contributed by atoms with van der Waals surface area (Å²) in [5.41, 5.74) is 7.15. The van der Waals surface area contributed by atoms with Crippen LogP contribution < -0.4 is 15.8 Å². The Hall–Kier alpha value is -3.48. The van der Waals surface area contributed by atoms with Crippen molar-refractivity contribution in [1.29, 1.82) is 0 Å². The molecular formula is C22H22N2O5. The number of hydrogen-bond acceptors (Lipinski definition) is 7. The summed E-state index contributed by atoms with van der Waals surface area (Å²) in [6.45, 7) is 5.32. The van der Waals surface area contributed by atoms with Crippen molar-refractivity contribution >= 4 is 16.7 Å². The Labute approximate surface area is 167 Å². The van der Waals surface area contributed by atoms with Crippen molar-refractivity contribution < 1.29 is 19.4 Å². The summed E-state index contributed by atoms with van der Waals surface area (Å²) >= 11 is 0. The second-order valence-electron chi connectivity index (χ2n) is 7.31. The van der Waals surface area contributed by atoms with Gasteiger partial charge in [0.25, 0.3) is 0 Å². The first-order valence-corrected chi connectivity index (χ1v) is 9.27. The Kier molecular flexibility index (Phi) is 4.45. The molecule has 0 bridgehead atoms. The van der Waals surface area contributed by atoms with Gasteiger partial charge in [-0.2, -0.15) is 5.10 Å². The molecule has 1 atom stereocenters. The van der Waals surface area contributed by atoms with Gasteiger partial charge in [0.1, 0.15) is 11.3 Å². The number of phenols is 2. The predicted molar refractivity (Wildman–Crippen MR) is 110 cm³/mol. The van der Waals surface area contributed by atoms with Gasteiger partial charge in [0.15, 0.2) is 11.5 Å². The van der Waals surface area contributed by atoms with E-state index in [1.165, 1.54) is 7.11 Å². The molecule has 0 aliphatic carbocycles. The van der Waals surface area contributed by atoms with Crippen molar-refractivity contribution in [2.75, 3.05) is 7.11 Å². The minimum absolute atomic E-state index is 0.0585. The number of methoxy groups -OCH3 is 1. The van der Waals surface area contributed by atoms with Crippen LogP contribution in [0, 0.1) is 20.8 Å². The molecule has 1 aromatic heterocycles. The first-order chi connectivity index (χ1) is 13.8. The summed E-state index contributed by atoms with van der Waals surface area (Å²) in [4.78, 5) is 12.0. The van der Waals surface area contributed by atoms with Crippen LogP contribution in [0.4, 0.5) is 0 Å². The number of hydrogen-bond donors (Lipinski definition) is 3. The first-order valence-electron chi connectivity index (χ1n) is 9.27. The second-order valence-corrected chi connectivity index (χ2v) is 7.31. The highest BCUT2D eigenvalue weighted by molar-refractivity contribution is 6.09. The first kappa shape index (κ1) is 18.9. The Morgan fingerprint density at radius 1 is 1.17 bits per heavy atom. The predicted octanol–water partition coefficient (Wildman–Crippen LogP) is 3.58. The molecule has 0 fully saturated rings. The van der Waals surface area contributed by atoms with Crippen LogP contribution in [0.15, 0.2) is 38.6 Å². The Bertz CT molecular complexity index is 1230. The molecule has 0 spiro atoms. The van der Waals surface area contributed by atoms with E-state index in [9.17, 15) is 15.0 Å². The molecule has 0 saturated carbocycles. The van der Waals surface area contributed by atoms with Crippen LogP contribution in [-0.4, -0.2) is 23.0 Å². The number of aromatic hydroxyl groups is 2. The fourth-order valence-electron chi connectivity index (χ4n) is 3.81. The lowest BCUT2D eigenvalue weighted by atomic mass is 9.93. The number of fused-ring (bicyclic) bond motifs is 1. The van der Waals surface area contributed by atoms with Crippen molar-refractivity contribution in [3.8, 4) is 17.2 Å². The van der Waals surface area contributed by atoms with Crippen LogP contribution in [0.1, 0.15) is 40.3 Å². The van der Waals surface area contributed by atoms with Gasteiger partial charge in [0.05, 0.1) is 24.2 Å². The van der Waals surface area contributed by atoms with Crippen LogP contribution in [0.2, 0.25) is 0 Å². The standard InChI is InChI=1S/C22H22N2O5/c1-10-7-18-20(11(2)12(3)22(27)29-18)21(26)19(10)15-9-14(23-24-15)13-5-6-17(28-4)16(25)8-13/h5-8,14,23,25-26H,9H2,1-4H3. The fraction of sp³-hybridized carbons (Fsp3) is 0.273. The summed E-state index contributed by atoms with van der Waals surface area (Å²) < 4.78 is 10.5. The maximum atomic E-state index is 12.0. The van der Waals surface area contributed by atoms with Gasteiger partial charge in [0, 0.05) is 17.5 Å². The number of phenolic OH excluding ortho intramolecular Hbond substituents is 2. The number of hydrazone groups is 1. The fourth-order valence-corrected chi connectivity index (χ4v) is 3.81. The van der Waals surface area contributed by atoms with Gasteiger partial charge in [-0.15, -0.1) is 0 Å². The molecule has 3 aromatic rings. The average Bonchev–Trinajstić information content (AvgIpc) is 3.15. The summed E-state index contributed by atoms with van der Waals surface area (Å²) in [5, 5.41) is 26.0. The normalized spacial score (nSPS) is 16.0. The number of nitrogens with one attached hydrogen (secondary N) is 1. The zero-order valence-electron chi connectivity index (χ0n) is 16.7. The van der Waals surface area contributed by atoms with Crippen molar-refractivity contribution in [2.45, 2.75) is 33.2 Å². The second kappa shape index (κ2) is 6.84. The number of aryl methyl sites for hydroxylation is 2. The third-order valence-corrected chi connectivity index (χ3v) is 5.55. The molecule has 7 heteroatoms. The van der Waals surface area contributed by atoms with Crippen LogP contribution in [0.5, 0.6) is 17.2 Å². The molecule has 7 nitrogen and oxygen atoms in total. The minimum Gasteiger partial charge on any atom is -0.506 e. The third-order valence-electron chi connectivity index (χ3n) is 5.55. The van der Waals surface area contributed by atoms with Gasteiger partial charge in [-0.3, -0.25) is 0 Å². The monoisotopic (exact) mass is 394 g/mol. The van der Waals surface area contributed by atoms with Crippen LogP contribution in [-0.2, 0) is 0 Å². The van der Waals surface area contributed by atoms with E-state index >= 15 is 0 Å². The lowest BCUT2D eigenvalue weighted by molar-refractivity contribution is 0.372. The SMILES string of the molecule is COc1ccc(C2CC(c3c(C)cc4oc(=O)c(C)c(C)c4c3O)=NN2)cc1O. The Morgan fingerprint density at radius 2 is 1.93 bits per heavy atom. The van der Waals surface area contributed by atoms with E-state index in [0.717, 1.165) is 11.1 Å². The summed E-state index contributed by atoms with van der Waals surface area (Å²) in [6, 6.07) is 6.83. The largest absolute Gasteiger partial charge is 0.506 e. The van der Waals surface area contributed by atoms with Crippen LogP contribution >= 0.6 is 0 Å². The lowest BCUT2D eigenvalue weighted by Gasteiger charge is -2.14. The average molecular weight is 394 g/mol. The van der Waals surface area contributed by atoms with Crippen molar-refractivity contribution in [1.82, 2.24) is 5.43 Å². The van der Waals surface area contributed by atoms with Crippen molar-refractivity contribution in [3.63, 3.8) is 0 Å². The zero-order chi connectivity index (χ0) is 20.9. The maximum Gasteiger partial charge on any atom is 0.339 e. The molecule has 4 rings (SSSR count). The van der Waals surface area contributed by atoms with Gasteiger partial charge in [-0.05, 0) is 55.7 Å². The number of nitrogens with zero attached hydrogens (tertiary/aromatic N) is 1. The Morgan fingerprint density at radius 3 is 2.62 bits per heavy atom. The number of ether oxygens (including phenoxy) is 1. The van der Waals surface area contributed by atoms with E-state index in [1.54, 1.807) is 32.0 Å². The van der Waals surface area contributed by atoms with E-state index in [2.05, 4.69) is 10.5 Å². The minimum atomic E-state index is -0.402. The van der Waals surface area contributed by atoms with Gasteiger partial charge >= 0.3 is 5.63 Å². The third kappa shape index (κ3) is 2.99. The van der Waals surface area contributed by atoms with Crippen molar-refractivity contribution in [2.24, 2.45) is 5.10 Å². The van der Waals surface area contributed by atoms with E-state index in [4.69, 9.17) is 9.15 Å². The molecule has 2 aromatic carbocycles. The summed E-state index contributed by atoms with van der Waals surface area (Å²) in [6.07, 6.45) is 0.528. The van der Waals surface area contributed by atoms with Crippen LogP contribution in [0.25, 0.3) is 11.0 Å². The molecule has 150 valence electrons. The molecular weight excluding hydrogens is 372 g/mol. The number of rotatable bonds is 3. The molecule has 2 heterocycles. The van der Waals surface area contributed by atoms with E-state index in [0.29, 0.717) is 45.5 Å². The molecule has 3 N–H and O–H groups in total. The lowest BCUT2D eigenvalue weighted by Crippen LogP contribution is -2.10.